The highest BCUT2D eigenvalue weighted by Gasteiger charge is 2.65. The van der Waals surface area contributed by atoms with E-state index in [4.69, 9.17) is 18.7 Å². The van der Waals surface area contributed by atoms with Crippen LogP contribution in [0.15, 0.2) is 121 Å². The first kappa shape index (κ1) is 30.3. The van der Waals surface area contributed by atoms with Gasteiger partial charge in [-0.25, -0.2) is 4.57 Å². The lowest BCUT2D eigenvalue weighted by molar-refractivity contribution is -0.373. The highest BCUT2D eigenvalue weighted by Crippen LogP contribution is 2.54. The van der Waals surface area contributed by atoms with Crippen LogP contribution in [0, 0.1) is 0 Å². The Morgan fingerprint density at radius 1 is 0.714 bits per heavy atom. The van der Waals surface area contributed by atoms with Gasteiger partial charge in [0.05, 0.1) is 25.4 Å². The summed E-state index contributed by atoms with van der Waals surface area (Å²) in [6, 6.07) is 38.6. The average Bonchev–Trinajstić information content (AvgIpc) is 2.98. The van der Waals surface area contributed by atoms with E-state index in [0.29, 0.717) is 6.42 Å². The smallest absolute Gasteiger partial charge is 0.370 e. The molecule has 0 saturated carbocycles. The van der Waals surface area contributed by atoms with Crippen molar-refractivity contribution >= 4 is 7.82 Å². The van der Waals surface area contributed by atoms with Crippen LogP contribution in [-0.4, -0.2) is 33.4 Å². The summed E-state index contributed by atoms with van der Waals surface area (Å²) < 4.78 is 38.8. The van der Waals surface area contributed by atoms with Gasteiger partial charge in [0.1, 0.15) is 0 Å². The zero-order chi connectivity index (χ0) is 29.5. The maximum absolute atomic E-state index is 12.8. The summed E-state index contributed by atoms with van der Waals surface area (Å²) in [6.07, 6.45) is -0.434. The topological polar surface area (TPSA) is 94.5 Å². The molecule has 5 rings (SSSR count). The van der Waals surface area contributed by atoms with Crippen LogP contribution in [0.25, 0.3) is 0 Å². The minimum absolute atomic E-state index is 0.0239. The minimum atomic E-state index is -5.11. The zero-order valence-electron chi connectivity index (χ0n) is 23.6. The Bertz CT molecular complexity index is 1430. The van der Waals surface area contributed by atoms with Gasteiger partial charge in [0.2, 0.25) is 5.79 Å². The maximum atomic E-state index is 12.8. The lowest BCUT2D eigenvalue weighted by atomic mass is 9.74. The molecule has 8 heteroatoms. The molecule has 0 bridgehead atoms. The normalized spacial score (nSPS) is 24.4. The van der Waals surface area contributed by atoms with Gasteiger partial charge in [-0.2, -0.15) is 0 Å². The molecular formula is C34H37O7P. The number of rotatable bonds is 12. The predicted molar refractivity (Wildman–Crippen MR) is 160 cm³/mol. The van der Waals surface area contributed by atoms with Gasteiger partial charge in [-0.3, -0.25) is 4.52 Å². The van der Waals surface area contributed by atoms with Crippen molar-refractivity contribution in [2.45, 2.75) is 63.0 Å². The van der Waals surface area contributed by atoms with Crippen molar-refractivity contribution in [3.8, 4) is 0 Å². The second kappa shape index (κ2) is 13.4. The van der Waals surface area contributed by atoms with Crippen molar-refractivity contribution in [2.75, 3.05) is 0 Å². The van der Waals surface area contributed by atoms with Crippen LogP contribution in [0.2, 0.25) is 0 Å². The molecule has 4 aromatic rings. The maximum Gasteiger partial charge on any atom is 0.472 e. The van der Waals surface area contributed by atoms with Crippen LogP contribution in [-0.2, 0) is 49.4 Å². The molecule has 0 spiro atoms. The average molecular weight is 589 g/mol. The predicted octanol–water partition coefficient (Wildman–Crippen LogP) is 6.63. The van der Waals surface area contributed by atoms with Crippen molar-refractivity contribution in [1.29, 1.82) is 0 Å². The Balaban J connectivity index is 1.68. The van der Waals surface area contributed by atoms with E-state index < -0.39 is 31.4 Å². The first-order chi connectivity index (χ1) is 20.3. The Morgan fingerprint density at radius 3 is 1.67 bits per heavy atom. The van der Waals surface area contributed by atoms with Crippen LogP contribution < -0.4 is 0 Å². The molecule has 1 aliphatic rings. The fourth-order valence-electron chi connectivity index (χ4n) is 5.75. The Hall–Kier alpha value is -3.13. The molecule has 42 heavy (non-hydrogen) atoms. The molecular weight excluding hydrogens is 551 g/mol. The standard InChI is InChI=1S/C34H37O7P/c1-27-22-32(38-25-30-18-10-4-11-19-30)33(23-28-14-6-2-7-15-28,39-26-31-20-12-5-13-21-31)34(40-27,41-42(35,36)37)24-29-16-8-3-9-17-29/h2-21,27,32H,22-26H2,1H3,(H2,35,36,37)/t27-,32+,33-,34-/m1/s1. The molecule has 0 amide bonds. The van der Waals surface area contributed by atoms with Crippen LogP contribution in [0.3, 0.4) is 0 Å². The highest BCUT2D eigenvalue weighted by molar-refractivity contribution is 7.46. The molecule has 4 atom stereocenters. The Morgan fingerprint density at radius 2 is 1.17 bits per heavy atom. The second-order valence-electron chi connectivity index (χ2n) is 10.8. The molecule has 7 nitrogen and oxygen atoms in total. The Kier molecular flexibility index (Phi) is 9.71. The highest BCUT2D eigenvalue weighted by atomic mass is 31.2. The van der Waals surface area contributed by atoms with Crippen LogP contribution in [0.4, 0.5) is 0 Å². The third-order valence-electron chi connectivity index (χ3n) is 7.59. The van der Waals surface area contributed by atoms with Crippen molar-refractivity contribution in [3.63, 3.8) is 0 Å². The third kappa shape index (κ3) is 7.44. The molecule has 0 aromatic heterocycles. The van der Waals surface area contributed by atoms with E-state index in [0.717, 1.165) is 22.3 Å². The molecule has 1 saturated heterocycles. The van der Waals surface area contributed by atoms with E-state index in [-0.39, 0.29) is 26.1 Å². The molecule has 0 unspecified atom stereocenters. The number of benzene rings is 4. The fourth-order valence-corrected chi connectivity index (χ4v) is 6.40. The molecule has 0 radical (unpaired) electrons. The zero-order valence-corrected chi connectivity index (χ0v) is 24.5. The van der Waals surface area contributed by atoms with Crippen molar-refractivity contribution < 1.29 is 33.1 Å². The second-order valence-corrected chi connectivity index (χ2v) is 11.9. The lowest BCUT2D eigenvalue weighted by Crippen LogP contribution is -2.71. The molecule has 4 aromatic carbocycles. The molecule has 1 aliphatic heterocycles. The van der Waals surface area contributed by atoms with Gasteiger partial charge in [0, 0.05) is 19.3 Å². The number of phosphoric ester groups is 1. The van der Waals surface area contributed by atoms with Crippen molar-refractivity contribution in [3.05, 3.63) is 144 Å². The van der Waals surface area contributed by atoms with Gasteiger partial charge < -0.3 is 24.0 Å². The third-order valence-corrected chi connectivity index (χ3v) is 8.12. The fraction of sp³-hybridized carbons (Fsp3) is 0.294. The van der Waals surface area contributed by atoms with E-state index in [2.05, 4.69) is 0 Å². The quantitative estimate of drug-likeness (QED) is 0.180. The molecule has 1 heterocycles. The summed E-state index contributed by atoms with van der Waals surface area (Å²) in [5.74, 6) is -1.91. The van der Waals surface area contributed by atoms with E-state index in [1.807, 2.05) is 128 Å². The van der Waals surface area contributed by atoms with Gasteiger partial charge in [-0.05, 0) is 29.2 Å². The van der Waals surface area contributed by atoms with Crippen LogP contribution >= 0.6 is 7.82 Å². The van der Waals surface area contributed by atoms with E-state index >= 15 is 0 Å². The number of ether oxygens (including phenoxy) is 3. The van der Waals surface area contributed by atoms with E-state index in [1.54, 1.807) is 0 Å². The summed E-state index contributed by atoms with van der Waals surface area (Å²) >= 11 is 0. The molecule has 2 N–H and O–H groups in total. The number of hydrogen-bond donors (Lipinski definition) is 2. The summed E-state index contributed by atoms with van der Waals surface area (Å²) in [7, 11) is -5.11. The lowest BCUT2D eigenvalue weighted by Gasteiger charge is -2.56. The summed E-state index contributed by atoms with van der Waals surface area (Å²) in [4.78, 5) is 20.8. The van der Waals surface area contributed by atoms with Crippen LogP contribution in [0.1, 0.15) is 35.6 Å². The van der Waals surface area contributed by atoms with Gasteiger partial charge in [0.15, 0.2) is 5.60 Å². The largest absolute Gasteiger partial charge is 0.472 e. The van der Waals surface area contributed by atoms with Crippen LogP contribution in [0.5, 0.6) is 0 Å². The number of phosphoric acid groups is 1. The van der Waals surface area contributed by atoms with Crippen molar-refractivity contribution in [1.82, 2.24) is 0 Å². The van der Waals surface area contributed by atoms with Gasteiger partial charge >= 0.3 is 7.82 Å². The monoisotopic (exact) mass is 588 g/mol. The first-order valence-electron chi connectivity index (χ1n) is 14.1. The van der Waals surface area contributed by atoms with Crippen molar-refractivity contribution in [2.24, 2.45) is 0 Å². The summed E-state index contributed by atoms with van der Waals surface area (Å²) in [5.41, 5.74) is 2.07. The molecule has 0 aliphatic carbocycles. The first-order valence-corrected chi connectivity index (χ1v) is 15.7. The van der Waals surface area contributed by atoms with Gasteiger partial charge in [-0.15, -0.1) is 0 Å². The SMILES string of the molecule is C[C@@H]1C[C@H](OCc2ccccc2)[C@@](Cc2ccccc2)(OCc2ccccc2)[C@@](Cc2ccccc2)(OP(=O)(O)O)O1. The van der Waals surface area contributed by atoms with Gasteiger partial charge in [0.25, 0.3) is 0 Å². The summed E-state index contributed by atoms with van der Waals surface area (Å²) in [6.45, 7) is 2.30. The Labute approximate surface area is 247 Å². The van der Waals surface area contributed by atoms with E-state index in [9.17, 15) is 14.4 Å². The minimum Gasteiger partial charge on any atom is -0.370 e. The molecule has 1 fully saturated rings. The van der Waals surface area contributed by atoms with Gasteiger partial charge in [-0.1, -0.05) is 121 Å². The number of hydrogen-bond acceptors (Lipinski definition) is 5. The molecule has 220 valence electrons. The summed E-state index contributed by atoms with van der Waals surface area (Å²) in [5, 5.41) is 0. The van der Waals surface area contributed by atoms with E-state index in [1.165, 1.54) is 0 Å².